The van der Waals surface area contributed by atoms with E-state index in [4.69, 9.17) is 5.21 Å². The summed E-state index contributed by atoms with van der Waals surface area (Å²) in [6, 6.07) is 5.20. The van der Waals surface area contributed by atoms with E-state index in [1.165, 1.54) is 24.3 Å². The van der Waals surface area contributed by atoms with E-state index >= 15 is 0 Å². The SMILES string of the molecule is CC(N[C@H](CO)[C@@H](O)c1ccc([NH+]([O-])O)cc1)=C1C(=O)C[C@@H]2[C@@H]1C2(C)C. The second-order valence-corrected chi connectivity index (χ2v) is 7.88. The Morgan fingerprint density at radius 1 is 1.38 bits per heavy atom. The number of rotatable bonds is 6. The maximum Gasteiger partial charge on any atom is 0.163 e. The number of carbonyl (C=O) groups excluding carboxylic acids is 1. The fourth-order valence-electron chi connectivity index (χ4n) is 4.26. The standard InChI is InChI=1S/C19H26N2O5/c1-10(16-15(23)8-13-17(16)19(13,2)3)20-14(9-22)18(24)11-4-6-12(7-5-11)21(25)26/h4-7,13-14,17-18,20-22,24-25H,8-9H2,1-3H3/t13-,14-,17+,18+/m1/s1. The molecule has 0 heterocycles. The molecule has 7 heteroatoms. The summed E-state index contributed by atoms with van der Waals surface area (Å²) in [6.07, 6.45) is -0.465. The highest BCUT2D eigenvalue weighted by molar-refractivity contribution is 6.01. The van der Waals surface area contributed by atoms with Gasteiger partial charge in [0.05, 0.1) is 12.6 Å². The lowest BCUT2D eigenvalue weighted by Crippen LogP contribution is -2.99. The van der Waals surface area contributed by atoms with Gasteiger partial charge in [0.25, 0.3) is 0 Å². The smallest absolute Gasteiger partial charge is 0.163 e. The summed E-state index contributed by atoms with van der Waals surface area (Å²) in [5.74, 6) is 0.776. The van der Waals surface area contributed by atoms with Gasteiger partial charge in [-0.1, -0.05) is 26.0 Å². The molecule has 0 aromatic heterocycles. The first-order valence-corrected chi connectivity index (χ1v) is 8.81. The third kappa shape index (κ3) is 3.17. The average molecular weight is 362 g/mol. The summed E-state index contributed by atoms with van der Waals surface area (Å²) >= 11 is 0. The first-order chi connectivity index (χ1) is 12.2. The molecule has 0 amide bonds. The van der Waals surface area contributed by atoms with Crippen LogP contribution >= 0.6 is 0 Å². The van der Waals surface area contributed by atoms with E-state index in [1.54, 1.807) is 0 Å². The van der Waals surface area contributed by atoms with E-state index in [2.05, 4.69) is 19.2 Å². The van der Waals surface area contributed by atoms with Crippen molar-refractivity contribution >= 4 is 11.5 Å². The molecule has 0 bridgehead atoms. The van der Waals surface area contributed by atoms with Crippen LogP contribution in [0.1, 0.15) is 38.9 Å². The van der Waals surface area contributed by atoms with Crippen LogP contribution in [0.3, 0.4) is 0 Å². The maximum atomic E-state index is 12.3. The third-order valence-electron chi connectivity index (χ3n) is 5.95. The normalized spacial score (nSPS) is 29.0. The fourth-order valence-corrected chi connectivity index (χ4v) is 4.26. The Labute approximate surface area is 152 Å². The lowest BCUT2D eigenvalue weighted by Gasteiger charge is -2.25. The molecule has 5 atom stereocenters. The van der Waals surface area contributed by atoms with Gasteiger partial charge in [-0.15, -0.1) is 0 Å². The number of aliphatic hydroxyl groups excluding tert-OH is 2. The van der Waals surface area contributed by atoms with Crippen LogP contribution in [-0.2, 0) is 4.79 Å². The van der Waals surface area contributed by atoms with Crippen LogP contribution in [0.2, 0.25) is 0 Å². The number of benzene rings is 1. The van der Waals surface area contributed by atoms with Crippen molar-refractivity contribution in [2.45, 2.75) is 39.3 Å². The molecular weight excluding hydrogens is 336 g/mol. The topological polar surface area (TPSA) is 117 Å². The Morgan fingerprint density at radius 2 is 2.00 bits per heavy atom. The van der Waals surface area contributed by atoms with E-state index in [0.717, 1.165) is 5.57 Å². The molecule has 0 spiro atoms. The van der Waals surface area contributed by atoms with E-state index in [0.29, 0.717) is 23.6 Å². The van der Waals surface area contributed by atoms with Gasteiger partial charge in [0.1, 0.15) is 6.10 Å². The van der Waals surface area contributed by atoms with Gasteiger partial charge in [-0.3, -0.25) is 4.79 Å². The van der Waals surface area contributed by atoms with Crippen LogP contribution < -0.4 is 10.5 Å². The first-order valence-electron chi connectivity index (χ1n) is 8.81. The Kier molecular flexibility index (Phi) is 4.94. The molecule has 26 heavy (non-hydrogen) atoms. The highest BCUT2D eigenvalue weighted by Gasteiger charge is 2.65. The summed E-state index contributed by atoms with van der Waals surface area (Å²) in [6.45, 7) is 5.81. The Morgan fingerprint density at radius 3 is 2.50 bits per heavy atom. The van der Waals surface area contributed by atoms with Crippen LogP contribution in [-0.4, -0.2) is 33.9 Å². The monoisotopic (exact) mass is 362 g/mol. The summed E-state index contributed by atoms with van der Waals surface area (Å²) in [5.41, 5.74) is 2.25. The second-order valence-electron chi connectivity index (χ2n) is 7.88. The van der Waals surface area contributed by atoms with Gasteiger partial charge in [-0.25, -0.2) is 5.21 Å². The van der Waals surface area contributed by atoms with Crippen molar-refractivity contribution in [1.82, 2.24) is 5.32 Å². The summed E-state index contributed by atoms with van der Waals surface area (Å²) in [5, 5.41) is 42.2. The molecule has 2 saturated carbocycles. The van der Waals surface area contributed by atoms with Crippen molar-refractivity contribution in [3.05, 3.63) is 46.3 Å². The van der Waals surface area contributed by atoms with Gasteiger partial charge in [-0.05, 0) is 29.7 Å². The molecule has 1 aromatic rings. The molecule has 3 rings (SSSR count). The third-order valence-corrected chi connectivity index (χ3v) is 5.95. The highest BCUT2D eigenvalue weighted by atomic mass is 16.8. The lowest BCUT2D eigenvalue weighted by atomic mass is 9.94. The molecule has 7 nitrogen and oxygen atoms in total. The molecule has 2 aliphatic rings. The summed E-state index contributed by atoms with van der Waals surface area (Å²) in [4.78, 5) is 12.3. The zero-order valence-corrected chi connectivity index (χ0v) is 15.2. The van der Waals surface area contributed by atoms with Gasteiger partial charge >= 0.3 is 0 Å². The molecule has 5 N–H and O–H groups in total. The predicted octanol–water partition coefficient (Wildman–Crippen LogP) is 0.593. The van der Waals surface area contributed by atoms with Crippen LogP contribution in [0.15, 0.2) is 35.5 Å². The van der Waals surface area contributed by atoms with Crippen LogP contribution in [0.5, 0.6) is 0 Å². The Hall–Kier alpha value is -1.77. The number of hydrogen-bond donors (Lipinski definition) is 5. The number of Topliss-reactive ketones (excluding diaryl/α,β-unsaturated/α-hetero) is 1. The number of fused-ring (bicyclic) bond motifs is 1. The highest BCUT2D eigenvalue weighted by Crippen LogP contribution is 2.68. The van der Waals surface area contributed by atoms with E-state index in [1.807, 2.05) is 6.92 Å². The summed E-state index contributed by atoms with van der Waals surface area (Å²) < 4.78 is 0. The molecule has 2 fully saturated rings. The van der Waals surface area contributed by atoms with Crippen molar-refractivity contribution in [2.24, 2.45) is 17.3 Å². The quantitative estimate of drug-likeness (QED) is 0.374. The van der Waals surface area contributed by atoms with Gasteiger partial charge in [0, 0.05) is 29.8 Å². The molecular formula is C19H26N2O5. The summed E-state index contributed by atoms with van der Waals surface area (Å²) in [7, 11) is 0. The van der Waals surface area contributed by atoms with Crippen molar-refractivity contribution in [2.75, 3.05) is 6.61 Å². The van der Waals surface area contributed by atoms with Crippen LogP contribution in [0.4, 0.5) is 5.69 Å². The molecule has 1 aromatic carbocycles. The average Bonchev–Trinajstić information content (AvgIpc) is 2.94. The number of quaternary nitrogens is 1. The minimum absolute atomic E-state index is 0.131. The second kappa shape index (κ2) is 6.75. The predicted molar refractivity (Wildman–Crippen MR) is 94.3 cm³/mol. The van der Waals surface area contributed by atoms with Crippen molar-refractivity contribution in [3.8, 4) is 0 Å². The van der Waals surface area contributed by atoms with E-state index in [-0.39, 0.29) is 29.4 Å². The lowest BCUT2D eigenvalue weighted by molar-refractivity contribution is -0.991. The molecule has 0 radical (unpaired) electrons. The molecule has 0 aliphatic heterocycles. The van der Waals surface area contributed by atoms with Crippen molar-refractivity contribution in [1.29, 1.82) is 0 Å². The number of hydrogen-bond acceptors (Lipinski definition) is 6. The first kappa shape index (κ1) is 19.0. The largest absolute Gasteiger partial charge is 0.595 e. The number of nitrogens with one attached hydrogen (secondary N) is 2. The minimum Gasteiger partial charge on any atom is -0.595 e. The van der Waals surface area contributed by atoms with Crippen LogP contribution in [0, 0.1) is 22.5 Å². The Balaban J connectivity index is 1.76. The van der Waals surface area contributed by atoms with Gasteiger partial charge in [0.2, 0.25) is 0 Å². The van der Waals surface area contributed by atoms with Gasteiger partial charge in [0.15, 0.2) is 11.5 Å². The number of carbonyl (C=O) groups is 1. The van der Waals surface area contributed by atoms with Crippen molar-refractivity contribution in [3.63, 3.8) is 0 Å². The minimum atomic E-state index is -1.04. The number of aliphatic hydroxyl groups is 2. The Bertz CT molecular complexity index is 726. The molecule has 0 saturated heterocycles. The van der Waals surface area contributed by atoms with Crippen LogP contribution in [0.25, 0.3) is 0 Å². The number of allylic oxidation sites excluding steroid dienone is 2. The molecule has 2 aliphatic carbocycles. The molecule has 1 unspecified atom stereocenters. The van der Waals surface area contributed by atoms with Gasteiger partial charge in [-0.2, -0.15) is 5.23 Å². The zero-order valence-electron chi connectivity index (χ0n) is 15.2. The molecule has 142 valence electrons. The zero-order chi connectivity index (χ0) is 19.2. The van der Waals surface area contributed by atoms with Crippen molar-refractivity contribution < 1.29 is 25.4 Å². The van der Waals surface area contributed by atoms with E-state index < -0.39 is 17.4 Å². The van der Waals surface area contributed by atoms with Gasteiger partial charge < -0.3 is 20.7 Å². The maximum absolute atomic E-state index is 12.3. The number of ketones is 1. The van der Waals surface area contributed by atoms with E-state index in [9.17, 15) is 20.2 Å². The fraction of sp³-hybridized carbons (Fsp3) is 0.526.